The van der Waals surface area contributed by atoms with Crippen LogP contribution in [0.25, 0.3) is 16.9 Å². The number of aryl methyl sites for hydroxylation is 1. The maximum absolute atomic E-state index is 13.2. The van der Waals surface area contributed by atoms with E-state index >= 15 is 0 Å². The molecule has 0 spiro atoms. The summed E-state index contributed by atoms with van der Waals surface area (Å²) in [6, 6.07) is 14.0. The van der Waals surface area contributed by atoms with E-state index in [1.807, 2.05) is 0 Å². The smallest absolute Gasteiger partial charge is 0.435 e. The van der Waals surface area contributed by atoms with E-state index in [9.17, 15) is 21.6 Å². The van der Waals surface area contributed by atoms with Crippen LogP contribution < -0.4 is 9.88 Å². The van der Waals surface area contributed by atoms with Crippen molar-refractivity contribution >= 4 is 10.0 Å². The maximum Gasteiger partial charge on any atom is 0.435 e. The second-order valence-corrected chi connectivity index (χ2v) is 8.07. The number of methoxy groups -OCH3 is 1. The summed E-state index contributed by atoms with van der Waals surface area (Å²) >= 11 is 0. The van der Waals surface area contributed by atoms with E-state index < -0.39 is 21.9 Å². The molecule has 0 aliphatic carbocycles. The lowest BCUT2D eigenvalue weighted by molar-refractivity contribution is -0.141. The number of alkyl halides is 3. The molecule has 0 saturated heterocycles. The Kier molecular flexibility index (Phi) is 5.67. The molecule has 0 atom stereocenters. The molecule has 29 heavy (non-hydrogen) atoms. The van der Waals surface area contributed by atoms with Crippen molar-refractivity contribution in [3.8, 4) is 22.7 Å². The van der Waals surface area contributed by atoms with Crippen LogP contribution >= 0.6 is 0 Å². The summed E-state index contributed by atoms with van der Waals surface area (Å²) in [4.78, 5) is 0. The lowest BCUT2D eigenvalue weighted by Crippen LogP contribution is -2.17. The Balaban J connectivity index is 2.00. The highest BCUT2D eigenvalue weighted by atomic mass is 32.2. The molecule has 6 nitrogen and oxygen atoms in total. The molecule has 0 unspecified atom stereocenters. The largest absolute Gasteiger partial charge is 0.497 e. The molecule has 1 aromatic heterocycles. The minimum atomic E-state index is -4.60. The first-order chi connectivity index (χ1) is 13.6. The van der Waals surface area contributed by atoms with Crippen LogP contribution in [-0.4, -0.2) is 31.1 Å². The maximum atomic E-state index is 13.2. The van der Waals surface area contributed by atoms with Crippen molar-refractivity contribution in [3.05, 3.63) is 65.9 Å². The molecule has 1 heterocycles. The molecule has 3 rings (SSSR count). The van der Waals surface area contributed by atoms with Crippen molar-refractivity contribution in [1.29, 1.82) is 0 Å². The first-order valence-electron chi connectivity index (χ1n) is 8.48. The van der Waals surface area contributed by atoms with Crippen LogP contribution in [0.1, 0.15) is 11.3 Å². The summed E-state index contributed by atoms with van der Waals surface area (Å²) < 4.78 is 68.2. The number of rotatable bonds is 6. The molecule has 0 bridgehead atoms. The number of aromatic nitrogens is 2. The topological polar surface area (TPSA) is 87.2 Å². The Morgan fingerprint density at radius 1 is 1.07 bits per heavy atom. The number of benzene rings is 2. The van der Waals surface area contributed by atoms with Gasteiger partial charge >= 0.3 is 6.18 Å². The van der Waals surface area contributed by atoms with E-state index in [2.05, 4.69) is 5.10 Å². The van der Waals surface area contributed by atoms with Crippen LogP contribution in [0.2, 0.25) is 0 Å². The van der Waals surface area contributed by atoms with Gasteiger partial charge in [-0.25, -0.2) is 18.2 Å². The molecule has 10 heteroatoms. The first kappa shape index (κ1) is 20.9. The minimum absolute atomic E-state index is 0.213. The quantitative estimate of drug-likeness (QED) is 0.656. The summed E-state index contributed by atoms with van der Waals surface area (Å²) in [7, 11) is -2.10. The van der Waals surface area contributed by atoms with Crippen LogP contribution in [-0.2, 0) is 22.6 Å². The highest BCUT2D eigenvalue weighted by Gasteiger charge is 2.35. The van der Waals surface area contributed by atoms with Gasteiger partial charge in [0.15, 0.2) is 5.69 Å². The van der Waals surface area contributed by atoms with E-state index in [4.69, 9.17) is 9.88 Å². The number of hydrogen-bond acceptors (Lipinski definition) is 4. The van der Waals surface area contributed by atoms with Gasteiger partial charge in [0.25, 0.3) is 0 Å². The minimum Gasteiger partial charge on any atom is -0.497 e. The highest BCUT2D eigenvalue weighted by Crippen LogP contribution is 2.33. The van der Waals surface area contributed by atoms with Crippen molar-refractivity contribution < 1.29 is 26.3 Å². The average Bonchev–Trinajstić information content (AvgIpc) is 3.12. The number of hydrogen-bond donors (Lipinski definition) is 1. The Morgan fingerprint density at radius 2 is 1.69 bits per heavy atom. The molecule has 0 radical (unpaired) electrons. The third-order valence-electron chi connectivity index (χ3n) is 4.24. The SMILES string of the molecule is COc1ccc(-n2nc(C(F)(F)F)cc2-c2ccc(CCS(N)(=O)=O)cc2)cc1. The average molecular weight is 425 g/mol. The van der Waals surface area contributed by atoms with Crippen LogP contribution in [0.3, 0.4) is 0 Å². The zero-order valence-corrected chi connectivity index (χ0v) is 16.2. The van der Waals surface area contributed by atoms with Gasteiger partial charge in [-0.05, 0) is 42.3 Å². The zero-order chi connectivity index (χ0) is 21.2. The van der Waals surface area contributed by atoms with E-state index in [1.54, 1.807) is 48.5 Å². The van der Waals surface area contributed by atoms with E-state index in [-0.39, 0.29) is 17.9 Å². The van der Waals surface area contributed by atoms with Crippen molar-refractivity contribution in [3.63, 3.8) is 0 Å². The normalized spacial score (nSPS) is 12.2. The predicted octanol–water partition coefficient (Wildman–Crippen LogP) is 3.40. The van der Waals surface area contributed by atoms with Crippen molar-refractivity contribution in [2.75, 3.05) is 12.9 Å². The van der Waals surface area contributed by atoms with Crippen LogP contribution in [0, 0.1) is 0 Å². The third-order valence-corrected chi connectivity index (χ3v) is 5.01. The number of nitrogens with zero attached hydrogens (tertiary/aromatic N) is 2. The van der Waals surface area contributed by atoms with Gasteiger partial charge in [0.05, 0.1) is 24.2 Å². The van der Waals surface area contributed by atoms with Gasteiger partial charge in [-0.3, -0.25) is 0 Å². The van der Waals surface area contributed by atoms with Gasteiger partial charge in [-0.15, -0.1) is 0 Å². The molecule has 0 aliphatic heterocycles. The summed E-state index contributed by atoms with van der Waals surface area (Å²) in [5.74, 6) is 0.353. The third kappa shape index (κ3) is 5.15. The predicted molar refractivity (Wildman–Crippen MR) is 102 cm³/mol. The first-order valence-corrected chi connectivity index (χ1v) is 10.2. The van der Waals surface area contributed by atoms with Gasteiger partial charge < -0.3 is 4.74 Å². The summed E-state index contributed by atoms with van der Waals surface area (Å²) in [5.41, 5.74) is 0.884. The van der Waals surface area contributed by atoms with E-state index in [0.717, 1.165) is 6.07 Å². The van der Waals surface area contributed by atoms with E-state index in [0.29, 0.717) is 22.6 Å². The van der Waals surface area contributed by atoms with Gasteiger partial charge in [0, 0.05) is 5.56 Å². The molecule has 3 aromatic rings. The van der Waals surface area contributed by atoms with Crippen LogP contribution in [0.15, 0.2) is 54.6 Å². The lowest BCUT2D eigenvalue weighted by atomic mass is 10.1. The Labute approximate surface area is 165 Å². The summed E-state index contributed by atoms with van der Waals surface area (Å²) in [6.07, 6.45) is -4.38. The fourth-order valence-corrected chi connectivity index (χ4v) is 3.27. The van der Waals surface area contributed by atoms with Gasteiger partial charge in [0.1, 0.15) is 5.75 Å². The van der Waals surface area contributed by atoms with Crippen LogP contribution in [0.5, 0.6) is 5.75 Å². The molecule has 0 fully saturated rings. The molecule has 2 N–H and O–H groups in total. The molecule has 0 amide bonds. The zero-order valence-electron chi connectivity index (χ0n) is 15.3. The van der Waals surface area contributed by atoms with Crippen LogP contribution in [0.4, 0.5) is 13.2 Å². The van der Waals surface area contributed by atoms with Crippen molar-refractivity contribution in [2.45, 2.75) is 12.6 Å². The summed E-state index contributed by atoms with van der Waals surface area (Å²) in [6.45, 7) is 0. The molecule has 2 aromatic carbocycles. The molecule has 154 valence electrons. The Bertz CT molecular complexity index is 1090. The van der Waals surface area contributed by atoms with Gasteiger partial charge in [-0.1, -0.05) is 24.3 Å². The lowest BCUT2D eigenvalue weighted by Gasteiger charge is -2.09. The Hall–Kier alpha value is -2.85. The molecule has 0 aliphatic rings. The second-order valence-electron chi connectivity index (χ2n) is 6.34. The number of sulfonamides is 1. The van der Waals surface area contributed by atoms with E-state index in [1.165, 1.54) is 11.8 Å². The standard InChI is InChI=1S/C19H18F3N3O3S/c1-28-16-8-6-15(7-9-16)25-17(12-18(24-25)19(20,21)22)14-4-2-13(3-5-14)10-11-29(23,26)27/h2-9,12H,10-11H2,1H3,(H2,23,26,27). The van der Waals surface area contributed by atoms with Crippen molar-refractivity contribution in [1.82, 2.24) is 9.78 Å². The fraction of sp³-hybridized carbons (Fsp3) is 0.211. The second kappa shape index (κ2) is 7.88. The number of nitrogens with two attached hydrogens (primary N) is 1. The number of ether oxygens (including phenoxy) is 1. The van der Waals surface area contributed by atoms with Gasteiger partial charge in [0.2, 0.25) is 10.0 Å². The number of halogens is 3. The monoisotopic (exact) mass is 425 g/mol. The highest BCUT2D eigenvalue weighted by molar-refractivity contribution is 7.89. The summed E-state index contributed by atoms with van der Waals surface area (Å²) in [5, 5.41) is 8.73. The fourth-order valence-electron chi connectivity index (χ4n) is 2.75. The molecular formula is C19H18F3N3O3S. The molecular weight excluding hydrogens is 407 g/mol. The van der Waals surface area contributed by atoms with Gasteiger partial charge in [-0.2, -0.15) is 18.3 Å². The number of primary sulfonamides is 1. The molecule has 0 saturated carbocycles. The van der Waals surface area contributed by atoms with Crippen molar-refractivity contribution in [2.24, 2.45) is 5.14 Å². The Morgan fingerprint density at radius 3 is 2.21 bits per heavy atom.